The van der Waals surface area contributed by atoms with Gasteiger partial charge in [-0.2, -0.15) is 0 Å². The van der Waals surface area contributed by atoms with E-state index in [1.54, 1.807) is 0 Å². The van der Waals surface area contributed by atoms with E-state index in [4.69, 9.17) is 9.73 Å². The van der Waals surface area contributed by atoms with Crippen molar-refractivity contribution in [3.05, 3.63) is 71.3 Å². The summed E-state index contributed by atoms with van der Waals surface area (Å²) in [5, 5.41) is 3.52. The lowest BCUT2D eigenvalue weighted by molar-refractivity contribution is 0.0341. The van der Waals surface area contributed by atoms with E-state index in [-0.39, 0.29) is 24.0 Å². The molecule has 1 atom stereocenters. The molecule has 6 heteroatoms. The van der Waals surface area contributed by atoms with Crippen LogP contribution in [0.2, 0.25) is 0 Å². The summed E-state index contributed by atoms with van der Waals surface area (Å²) in [6.07, 6.45) is 1.18. The number of halogens is 1. The van der Waals surface area contributed by atoms with Gasteiger partial charge in [-0.1, -0.05) is 54.6 Å². The number of aliphatic imine (C=N–C) groups is 1. The molecule has 2 aliphatic rings. The molecule has 2 aromatic carbocycles. The Kier molecular flexibility index (Phi) is 9.61. The SMILES string of the molecule is CCNC(=NCc1ccccc1CN1CCOCC1)N1CCC(c2ccccc2)C1.I. The van der Waals surface area contributed by atoms with Gasteiger partial charge >= 0.3 is 0 Å². The van der Waals surface area contributed by atoms with E-state index in [2.05, 4.69) is 76.6 Å². The Morgan fingerprint density at radius 2 is 1.71 bits per heavy atom. The lowest BCUT2D eigenvalue weighted by atomic mass is 9.99. The Labute approximate surface area is 203 Å². The zero-order valence-electron chi connectivity index (χ0n) is 18.5. The summed E-state index contributed by atoms with van der Waals surface area (Å²) >= 11 is 0. The monoisotopic (exact) mass is 534 g/mol. The van der Waals surface area contributed by atoms with Crippen LogP contribution in [0.3, 0.4) is 0 Å². The van der Waals surface area contributed by atoms with Crippen molar-refractivity contribution in [2.75, 3.05) is 45.9 Å². The Hall–Kier alpha value is -1.64. The average Bonchev–Trinajstić information content (AvgIpc) is 3.29. The number of ether oxygens (including phenoxy) is 1. The number of rotatable bonds is 6. The first-order valence-electron chi connectivity index (χ1n) is 11.3. The smallest absolute Gasteiger partial charge is 0.194 e. The molecule has 4 rings (SSSR count). The van der Waals surface area contributed by atoms with Crippen molar-refractivity contribution < 1.29 is 4.74 Å². The summed E-state index contributed by atoms with van der Waals surface area (Å²) in [6, 6.07) is 19.6. The van der Waals surface area contributed by atoms with Crippen molar-refractivity contribution in [2.45, 2.75) is 32.4 Å². The molecule has 0 amide bonds. The highest BCUT2D eigenvalue weighted by molar-refractivity contribution is 14.0. The third kappa shape index (κ3) is 6.67. The van der Waals surface area contributed by atoms with Crippen LogP contribution in [0.5, 0.6) is 0 Å². The van der Waals surface area contributed by atoms with Gasteiger partial charge in [-0.15, -0.1) is 24.0 Å². The molecule has 2 fully saturated rings. The molecule has 0 bridgehead atoms. The minimum atomic E-state index is 0. The average molecular weight is 534 g/mol. The zero-order chi connectivity index (χ0) is 20.6. The van der Waals surface area contributed by atoms with Crippen LogP contribution in [-0.2, 0) is 17.8 Å². The second-order valence-corrected chi connectivity index (χ2v) is 8.17. The minimum Gasteiger partial charge on any atom is -0.379 e. The van der Waals surface area contributed by atoms with Gasteiger partial charge in [0.1, 0.15) is 0 Å². The van der Waals surface area contributed by atoms with Crippen LogP contribution in [-0.4, -0.2) is 61.7 Å². The van der Waals surface area contributed by atoms with Crippen molar-refractivity contribution in [1.82, 2.24) is 15.1 Å². The first-order valence-corrected chi connectivity index (χ1v) is 11.3. The van der Waals surface area contributed by atoms with E-state index < -0.39 is 0 Å². The van der Waals surface area contributed by atoms with Crippen LogP contribution in [0, 0.1) is 0 Å². The van der Waals surface area contributed by atoms with Crippen LogP contribution in [0.25, 0.3) is 0 Å². The van der Waals surface area contributed by atoms with E-state index in [0.29, 0.717) is 5.92 Å². The second-order valence-electron chi connectivity index (χ2n) is 8.17. The Morgan fingerprint density at radius 1 is 1.00 bits per heavy atom. The predicted molar refractivity (Wildman–Crippen MR) is 138 cm³/mol. The van der Waals surface area contributed by atoms with E-state index >= 15 is 0 Å². The van der Waals surface area contributed by atoms with Crippen molar-refractivity contribution >= 4 is 29.9 Å². The Balaban J connectivity index is 0.00000272. The molecule has 0 spiro atoms. The van der Waals surface area contributed by atoms with Gasteiger partial charge in [0.15, 0.2) is 5.96 Å². The molecule has 31 heavy (non-hydrogen) atoms. The van der Waals surface area contributed by atoms with Gasteiger partial charge < -0.3 is 15.0 Å². The highest BCUT2D eigenvalue weighted by Crippen LogP contribution is 2.27. The minimum absolute atomic E-state index is 0. The molecule has 0 radical (unpaired) electrons. The van der Waals surface area contributed by atoms with Gasteiger partial charge in [0.05, 0.1) is 19.8 Å². The van der Waals surface area contributed by atoms with Crippen LogP contribution in [0.4, 0.5) is 0 Å². The van der Waals surface area contributed by atoms with Crippen molar-refractivity contribution in [3.63, 3.8) is 0 Å². The predicted octanol–water partition coefficient (Wildman–Crippen LogP) is 4.09. The summed E-state index contributed by atoms with van der Waals surface area (Å²) in [7, 11) is 0. The highest BCUT2D eigenvalue weighted by Gasteiger charge is 2.26. The summed E-state index contributed by atoms with van der Waals surface area (Å²) < 4.78 is 5.49. The second kappa shape index (κ2) is 12.4. The van der Waals surface area contributed by atoms with Crippen molar-refractivity contribution in [3.8, 4) is 0 Å². The fourth-order valence-electron chi connectivity index (χ4n) is 4.40. The van der Waals surface area contributed by atoms with Crippen LogP contribution >= 0.6 is 24.0 Å². The zero-order valence-corrected chi connectivity index (χ0v) is 20.8. The van der Waals surface area contributed by atoms with E-state index in [9.17, 15) is 0 Å². The van der Waals surface area contributed by atoms with Gasteiger partial charge in [0.25, 0.3) is 0 Å². The molecule has 0 aromatic heterocycles. The quantitative estimate of drug-likeness (QED) is 0.345. The fraction of sp³-hybridized carbons (Fsp3) is 0.480. The van der Waals surface area contributed by atoms with Crippen LogP contribution in [0.15, 0.2) is 59.6 Å². The molecule has 2 aliphatic heterocycles. The van der Waals surface area contributed by atoms with Gasteiger partial charge in [-0.3, -0.25) is 4.90 Å². The summed E-state index contributed by atoms with van der Waals surface area (Å²) in [5.41, 5.74) is 4.13. The van der Waals surface area contributed by atoms with E-state index in [1.165, 1.54) is 23.1 Å². The molecule has 5 nitrogen and oxygen atoms in total. The summed E-state index contributed by atoms with van der Waals surface area (Å²) in [5.74, 6) is 1.63. The van der Waals surface area contributed by atoms with Crippen LogP contribution < -0.4 is 5.32 Å². The maximum absolute atomic E-state index is 5.49. The number of hydrogen-bond acceptors (Lipinski definition) is 3. The Bertz CT molecular complexity index is 823. The normalized spacial score (nSPS) is 19.8. The van der Waals surface area contributed by atoms with Gasteiger partial charge in [-0.05, 0) is 30.0 Å². The first-order chi connectivity index (χ1) is 14.8. The summed E-state index contributed by atoms with van der Waals surface area (Å²) in [4.78, 5) is 9.93. The molecule has 1 unspecified atom stereocenters. The van der Waals surface area contributed by atoms with Gasteiger partial charge in [-0.25, -0.2) is 4.99 Å². The van der Waals surface area contributed by atoms with Gasteiger partial charge in [0, 0.05) is 45.2 Å². The molecule has 1 N–H and O–H groups in total. The van der Waals surface area contributed by atoms with Gasteiger partial charge in [0.2, 0.25) is 0 Å². The first kappa shape index (κ1) is 24.0. The molecule has 2 saturated heterocycles. The maximum atomic E-state index is 5.49. The van der Waals surface area contributed by atoms with Crippen molar-refractivity contribution in [2.24, 2.45) is 4.99 Å². The fourth-order valence-corrected chi connectivity index (χ4v) is 4.40. The molecular formula is C25H35IN4O. The topological polar surface area (TPSA) is 40.1 Å². The maximum Gasteiger partial charge on any atom is 0.194 e. The standard InChI is InChI=1S/C25H34N4O.HI/c1-2-26-25(29-13-12-24(20-29)21-8-4-3-5-9-21)27-18-22-10-6-7-11-23(22)19-28-14-16-30-17-15-28;/h3-11,24H,2,12-20H2,1H3,(H,26,27);1H. The van der Waals surface area contributed by atoms with Crippen molar-refractivity contribution in [1.29, 1.82) is 0 Å². The van der Waals surface area contributed by atoms with Crippen LogP contribution in [0.1, 0.15) is 36.0 Å². The number of nitrogens with zero attached hydrogens (tertiary/aromatic N) is 3. The number of morpholine rings is 1. The number of likely N-dealkylation sites (tertiary alicyclic amines) is 1. The summed E-state index contributed by atoms with van der Waals surface area (Å²) in [6.45, 7) is 10.5. The van der Waals surface area contributed by atoms with E-state index in [1.807, 2.05) is 0 Å². The third-order valence-corrected chi connectivity index (χ3v) is 6.11. The molecule has 0 aliphatic carbocycles. The Morgan fingerprint density at radius 3 is 2.45 bits per heavy atom. The molecular weight excluding hydrogens is 499 g/mol. The lowest BCUT2D eigenvalue weighted by Gasteiger charge is -2.27. The number of nitrogens with one attached hydrogen (secondary N) is 1. The lowest BCUT2D eigenvalue weighted by Crippen LogP contribution is -2.40. The largest absolute Gasteiger partial charge is 0.379 e. The molecule has 2 aromatic rings. The number of benzene rings is 2. The van der Waals surface area contributed by atoms with E-state index in [0.717, 1.165) is 65.0 Å². The number of guanidine groups is 1. The molecule has 0 saturated carbocycles. The molecule has 2 heterocycles. The molecule has 168 valence electrons. The highest BCUT2D eigenvalue weighted by atomic mass is 127. The number of hydrogen-bond donors (Lipinski definition) is 1. The third-order valence-electron chi connectivity index (χ3n) is 6.11.